The number of aliphatic hydroxyl groups excluding tert-OH is 1. The molecule has 0 saturated heterocycles. The van der Waals surface area contributed by atoms with Crippen LogP contribution in [0.15, 0.2) is 18.2 Å². The molecular weight excluding hydrogens is 200 g/mol. The molecule has 0 aliphatic carbocycles. The summed E-state index contributed by atoms with van der Waals surface area (Å²) in [6.45, 7) is 3.33. The van der Waals surface area contributed by atoms with Crippen molar-refractivity contribution in [2.75, 3.05) is 0 Å². The first-order valence-electron chi connectivity index (χ1n) is 4.41. The SMILES string of the molecule is CC(=O)C(Cl)c1cc(CO)ccc1C. The molecular formula is C11H13ClO2. The number of benzene rings is 1. The Morgan fingerprint density at radius 2 is 2.21 bits per heavy atom. The van der Waals surface area contributed by atoms with E-state index in [0.29, 0.717) is 0 Å². The van der Waals surface area contributed by atoms with Crippen LogP contribution in [0, 0.1) is 6.92 Å². The first-order chi connectivity index (χ1) is 6.56. The van der Waals surface area contributed by atoms with Gasteiger partial charge in [-0.15, -0.1) is 11.6 Å². The van der Waals surface area contributed by atoms with Crippen molar-refractivity contribution in [3.63, 3.8) is 0 Å². The molecule has 0 radical (unpaired) electrons. The molecule has 0 aromatic heterocycles. The van der Waals surface area contributed by atoms with Gasteiger partial charge in [0.15, 0.2) is 5.78 Å². The van der Waals surface area contributed by atoms with E-state index in [2.05, 4.69) is 0 Å². The van der Waals surface area contributed by atoms with Crippen molar-refractivity contribution >= 4 is 17.4 Å². The summed E-state index contributed by atoms with van der Waals surface area (Å²) in [5.74, 6) is -0.0788. The number of halogens is 1. The Balaban J connectivity index is 3.11. The number of Topliss-reactive ketones (excluding diaryl/α,β-unsaturated/α-hetero) is 1. The van der Waals surface area contributed by atoms with Gasteiger partial charge in [0.1, 0.15) is 5.38 Å². The van der Waals surface area contributed by atoms with E-state index in [9.17, 15) is 4.79 Å². The van der Waals surface area contributed by atoms with Crippen LogP contribution >= 0.6 is 11.6 Å². The molecule has 76 valence electrons. The van der Waals surface area contributed by atoms with Crippen molar-refractivity contribution in [3.05, 3.63) is 34.9 Å². The predicted molar refractivity (Wildman–Crippen MR) is 56.4 cm³/mol. The largest absolute Gasteiger partial charge is 0.392 e. The number of aliphatic hydroxyl groups is 1. The number of hydrogen-bond acceptors (Lipinski definition) is 2. The fourth-order valence-corrected chi connectivity index (χ4v) is 1.52. The minimum absolute atomic E-state index is 0.0329. The molecule has 0 bridgehead atoms. The Morgan fingerprint density at radius 1 is 1.57 bits per heavy atom. The summed E-state index contributed by atoms with van der Waals surface area (Å²) in [7, 11) is 0. The third-order valence-corrected chi connectivity index (χ3v) is 2.70. The van der Waals surface area contributed by atoms with Crippen LogP contribution in [-0.4, -0.2) is 10.9 Å². The van der Waals surface area contributed by atoms with Crippen molar-refractivity contribution in [2.24, 2.45) is 0 Å². The predicted octanol–water partition coefficient (Wildman–Crippen LogP) is 2.36. The maximum absolute atomic E-state index is 11.1. The quantitative estimate of drug-likeness (QED) is 0.781. The average Bonchev–Trinajstić information content (AvgIpc) is 2.17. The standard InChI is InChI=1S/C11H13ClO2/c1-7-3-4-9(6-13)5-10(7)11(12)8(2)14/h3-5,11,13H,6H2,1-2H3. The zero-order chi connectivity index (χ0) is 10.7. The Hall–Kier alpha value is -0.860. The van der Waals surface area contributed by atoms with E-state index in [0.717, 1.165) is 16.7 Å². The maximum atomic E-state index is 11.1. The lowest BCUT2D eigenvalue weighted by atomic mass is 10.0. The summed E-state index contributed by atoms with van der Waals surface area (Å²) in [6.07, 6.45) is 0. The van der Waals surface area contributed by atoms with Crippen molar-refractivity contribution < 1.29 is 9.90 Å². The van der Waals surface area contributed by atoms with E-state index < -0.39 is 5.38 Å². The zero-order valence-electron chi connectivity index (χ0n) is 8.25. The van der Waals surface area contributed by atoms with Crippen LogP contribution in [0.4, 0.5) is 0 Å². The highest BCUT2D eigenvalue weighted by atomic mass is 35.5. The lowest BCUT2D eigenvalue weighted by Crippen LogP contribution is -2.04. The van der Waals surface area contributed by atoms with E-state index in [1.807, 2.05) is 19.1 Å². The fourth-order valence-electron chi connectivity index (χ4n) is 1.28. The van der Waals surface area contributed by atoms with Gasteiger partial charge in [0, 0.05) is 0 Å². The van der Waals surface area contributed by atoms with E-state index in [1.165, 1.54) is 6.92 Å². The molecule has 0 fully saturated rings. The normalized spacial score (nSPS) is 12.6. The third-order valence-electron chi connectivity index (χ3n) is 2.16. The number of rotatable bonds is 3. The Labute approximate surface area is 88.5 Å². The molecule has 1 atom stereocenters. The molecule has 1 unspecified atom stereocenters. The van der Waals surface area contributed by atoms with Gasteiger partial charge in [0.2, 0.25) is 0 Å². The van der Waals surface area contributed by atoms with Crippen LogP contribution in [0.3, 0.4) is 0 Å². The number of hydrogen-bond donors (Lipinski definition) is 1. The van der Waals surface area contributed by atoms with Crippen molar-refractivity contribution in [3.8, 4) is 0 Å². The molecule has 2 nitrogen and oxygen atoms in total. The molecule has 0 heterocycles. The zero-order valence-corrected chi connectivity index (χ0v) is 9.01. The van der Waals surface area contributed by atoms with E-state index in [4.69, 9.17) is 16.7 Å². The summed E-state index contributed by atoms with van der Waals surface area (Å²) >= 11 is 5.94. The van der Waals surface area contributed by atoms with Gasteiger partial charge in [0.05, 0.1) is 6.61 Å². The molecule has 0 spiro atoms. The molecule has 0 aliphatic heterocycles. The Morgan fingerprint density at radius 3 is 2.71 bits per heavy atom. The van der Waals surface area contributed by atoms with Crippen LogP contribution in [0.25, 0.3) is 0 Å². The summed E-state index contributed by atoms with van der Waals surface area (Å²) in [5.41, 5.74) is 2.53. The van der Waals surface area contributed by atoms with Crippen LogP contribution in [0.2, 0.25) is 0 Å². The van der Waals surface area contributed by atoms with Gasteiger partial charge in [-0.1, -0.05) is 18.2 Å². The summed E-state index contributed by atoms with van der Waals surface area (Å²) in [5, 5.41) is 8.34. The van der Waals surface area contributed by atoms with Crippen LogP contribution < -0.4 is 0 Å². The third kappa shape index (κ3) is 2.34. The smallest absolute Gasteiger partial charge is 0.152 e. The molecule has 1 aromatic rings. The molecule has 0 saturated carbocycles. The number of aryl methyl sites for hydroxylation is 1. The number of alkyl halides is 1. The fraction of sp³-hybridized carbons (Fsp3) is 0.364. The van der Waals surface area contributed by atoms with E-state index in [-0.39, 0.29) is 12.4 Å². The van der Waals surface area contributed by atoms with Gasteiger partial charge in [-0.2, -0.15) is 0 Å². The Kier molecular flexibility index (Phi) is 3.67. The second kappa shape index (κ2) is 4.58. The van der Waals surface area contributed by atoms with E-state index >= 15 is 0 Å². The highest BCUT2D eigenvalue weighted by Crippen LogP contribution is 2.25. The highest BCUT2D eigenvalue weighted by Gasteiger charge is 2.15. The molecule has 1 N–H and O–H groups in total. The lowest BCUT2D eigenvalue weighted by molar-refractivity contribution is -0.116. The maximum Gasteiger partial charge on any atom is 0.152 e. The minimum atomic E-state index is -0.610. The molecule has 1 rings (SSSR count). The molecule has 3 heteroatoms. The van der Waals surface area contributed by atoms with Crippen LogP contribution in [0.5, 0.6) is 0 Å². The first kappa shape index (κ1) is 11.2. The second-order valence-electron chi connectivity index (χ2n) is 3.32. The number of ketones is 1. The molecule has 0 aliphatic rings. The average molecular weight is 213 g/mol. The van der Waals surface area contributed by atoms with Gasteiger partial charge in [-0.05, 0) is 30.5 Å². The molecule has 1 aromatic carbocycles. The number of carbonyl (C=O) groups excluding carboxylic acids is 1. The summed E-state index contributed by atoms with van der Waals surface area (Å²) < 4.78 is 0. The summed E-state index contributed by atoms with van der Waals surface area (Å²) in [6, 6.07) is 5.45. The van der Waals surface area contributed by atoms with Crippen molar-refractivity contribution in [1.29, 1.82) is 0 Å². The molecule has 14 heavy (non-hydrogen) atoms. The van der Waals surface area contributed by atoms with Gasteiger partial charge < -0.3 is 5.11 Å². The van der Waals surface area contributed by atoms with Gasteiger partial charge in [0.25, 0.3) is 0 Å². The molecule has 0 amide bonds. The van der Waals surface area contributed by atoms with Crippen LogP contribution in [-0.2, 0) is 11.4 Å². The highest BCUT2D eigenvalue weighted by molar-refractivity contribution is 6.30. The monoisotopic (exact) mass is 212 g/mol. The first-order valence-corrected chi connectivity index (χ1v) is 4.84. The second-order valence-corrected chi connectivity index (χ2v) is 3.76. The Bertz CT molecular complexity index is 347. The van der Waals surface area contributed by atoms with Gasteiger partial charge in [-0.25, -0.2) is 0 Å². The lowest BCUT2D eigenvalue weighted by Gasteiger charge is -2.10. The topological polar surface area (TPSA) is 37.3 Å². The number of carbonyl (C=O) groups is 1. The summed E-state index contributed by atoms with van der Waals surface area (Å²) in [4.78, 5) is 11.1. The van der Waals surface area contributed by atoms with Crippen molar-refractivity contribution in [2.45, 2.75) is 25.8 Å². The van der Waals surface area contributed by atoms with Gasteiger partial charge >= 0.3 is 0 Å². The minimum Gasteiger partial charge on any atom is -0.392 e. The van der Waals surface area contributed by atoms with Gasteiger partial charge in [-0.3, -0.25) is 4.79 Å². The van der Waals surface area contributed by atoms with Crippen LogP contribution in [0.1, 0.15) is 29.0 Å². The van der Waals surface area contributed by atoms with Crippen molar-refractivity contribution in [1.82, 2.24) is 0 Å². The van der Waals surface area contributed by atoms with E-state index in [1.54, 1.807) is 6.07 Å².